The third kappa shape index (κ3) is 13.5. The molecule has 17 heteroatoms. The monoisotopic (exact) mass is 617 g/mol. The third-order valence-corrected chi connectivity index (χ3v) is 4.70. The predicted octanol–water partition coefficient (Wildman–Crippen LogP) is 4.42. The van der Waals surface area contributed by atoms with Crippen LogP contribution in [0.4, 0.5) is 26.7 Å². The molecule has 3 heterocycles. The van der Waals surface area contributed by atoms with Gasteiger partial charge >= 0.3 is 24.1 Å². The number of rotatable bonds is 5. The van der Waals surface area contributed by atoms with E-state index in [9.17, 15) is 24.0 Å². The fourth-order valence-corrected chi connectivity index (χ4v) is 2.97. The summed E-state index contributed by atoms with van der Waals surface area (Å²) >= 11 is 0. The Labute approximate surface area is 255 Å². The minimum absolute atomic E-state index is 0. The first kappa shape index (κ1) is 44.2. The van der Waals surface area contributed by atoms with Crippen molar-refractivity contribution < 1.29 is 46.5 Å². The van der Waals surface area contributed by atoms with Crippen LogP contribution in [0.25, 0.3) is 0 Å². The number of nitrogens with two attached hydrogens (primary N) is 1. The zero-order chi connectivity index (χ0) is 29.2. The predicted molar refractivity (Wildman–Crippen MR) is 167 cm³/mol. The van der Waals surface area contributed by atoms with Crippen LogP contribution >= 0.6 is 12.4 Å². The number of halogens is 1. The Morgan fingerprint density at radius 1 is 0.738 bits per heavy atom. The average Bonchev–Trinajstić information content (AvgIpc) is 3.49. The molecular formula is C25H43BClN6O9. The molecule has 15 nitrogen and oxygen atoms in total. The topological polar surface area (TPSA) is 209 Å². The van der Waals surface area contributed by atoms with E-state index in [0.717, 1.165) is 0 Å². The van der Waals surface area contributed by atoms with Gasteiger partial charge in [0.05, 0.1) is 37.0 Å². The third-order valence-electron chi connectivity index (χ3n) is 4.70. The highest BCUT2D eigenvalue weighted by Gasteiger charge is 2.12. The number of methoxy groups -OCH3 is 2. The summed E-state index contributed by atoms with van der Waals surface area (Å²) in [6.07, 6.45) is 3.43. The number of hydrogen-bond acceptors (Lipinski definition) is 8. The number of nitrogen functional groups attached to an aromatic ring is 1. The van der Waals surface area contributed by atoms with Crippen molar-refractivity contribution >= 4 is 67.8 Å². The summed E-state index contributed by atoms with van der Waals surface area (Å²) in [6.45, 7) is 1.52. The van der Waals surface area contributed by atoms with E-state index < -0.39 is 24.1 Å². The smallest absolute Gasteiger partial charge is 0.411 e. The van der Waals surface area contributed by atoms with E-state index >= 15 is 0 Å². The molecule has 3 aromatic heterocycles. The van der Waals surface area contributed by atoms with Crippen molar-refractivity contribution in [3.05, 3.63) is 53.9 Å². The largest absolute Gasteiger partial charge is 0.477 e. The maximum Gasteiger partial charge on any atom is 0.411 e. The van der Waals surface area contributed by atoms with Crippen molar-refractivity contribution in [1.82, 2.24) is 13.7 Å². The summed E-state index contributed by atoms with van der Waals surface area (Å²) in [5, 5.41) is 22.1. The quantitative estimate of drug-likeness (QED) is 0.201. The van der Waals surface area contributed by atoms with Crippen molar-refractivity contribution in [2.75, 3.05) is 30.6 Å². The Hall–Kier alpha value is -4.86. The van der Waals surface area contributed by atoms with E-state index in [-0.39, 0.29) is 55.7 Å². The lowest BCUT2D eigenvalue weighted by molar-refractivity contribution is 0.0675. The van der Waals surface area contributed by atoms with Gasteiger partial charge in [0.15, 0.2) is 5.78 Å². The van der Waals surface area contributed by atoms with Crippen LogP contribution in [0.15, 0.2) is 36.8 Å². The first-order valence-corrected chi connectivity index (χ1v) is 10.6. The lowest BCUT2D eigenvalue weighted by Gasteiger charge is -1.98. The van der Waals surface area contributed by atoms with E-state index in [4.69, 9.17) is 15.9 Å². The van der Waals surface area contributed by atoms with Crippen molar-refractivity contribution in [2.45, 2.75) is 21.8 Å². The number of aromatic carboxylic acids is 2. The molecule has 237 valence electrons. The molecule has 0 aliphatic heterocycles. The first-order chi connectivity index (χ1) is 17.7. The van der Waals surface area contributed by atoms with Gasteiger partial charge in [0, 0.05) is 57.9 Å². The fraction of sp³-hybridized carbons (Fsp3) is 0.320. The SMILES string of the molecule is C.C.CC(=O)c1cc(N)cn1C.COC(=O)Nc1cc(C(=O)O)n(C)c1.COC(=O)Nc1cc(C(=O)O)n(C)c1.Cl.[B].[HH].[HH]. The highest BCUT2D eigenvalue weighted by atomic mass is 35.5. The van der Waals surface area contributed by atoms with Gasteiger partial charge in [0.25, 0.3) is 0 Å². The highest BCUT2D eigenvalue weighted by Crippen LogP contribution is 2.13. The van der Waals surface area contributed by atoms with E-state index in [2.05, 4.69) is 20.1 Å². The first-order valence-electron chi connectivity index (χ1n) is 10.6. The number of nitrogens with one attached hydrogen (secondary N) is 2. The number of hydrogen-bond donors (Lipinski definition) is 5. The molecule has 0 saturated heterocycles. The van der Waals surface area contributed by atoms with Gasteiger partial charge in [0.2, 0.25) is 0 Å². The van der Waals surface area contributed by atoms with Crippen LogP contribution in [-0.4, -0.2) is 76.5 Å². The number of anilines is 3. The van der Waals surface area contributed by atoms with E-state index in [1.165, 1.54) is 54.8 Å². The molecule has 0 bridgehead atoms. The van der Waals surface area contributed by atoms with Gasteiger partial charge in [0.1, 0.15) is 11.4 Å². The normalized spacial score (nSPS) is 8.71. The number of ether oxygens (including phenoxy) is 2. The van der Waals surface area contributed by atoms with Crippen LogP contribution in [0.5, 0.6) is 0 Å². The Balaban J connectivity index is -0.000000117. The maximum atomic E-state index is 10.8. The lowest BCUT2D eigenvalue weighted by atomic mass is 10.3. The molecule has 3 aromatic rings. The van der Waals surface area contributed by atoms with Crippen LogP contribution in [0.3, 0.4) is 0 Å². The van der Waals surface area contributed by atoms with E-state index in [1.807, 2.05) is 0 Å². The number of carbonyl (C=O) groups is 5. The van der Waals surface area contributed by atoms with Crippen molar-refractivity contribution in [3.8, 4) is 0 Å². The second-order valence-electron chi connectivity index (χ2n) is 7.62. The number of amides is 2. The maximum absolute atomic E-state index is 10.8. The van der Waals surface area contributed by atoms with Crippen LogP contribution in [0.1, 0.15) is 56.1 Å². The number of carboxylic acids is 2. The molecule has 0 unspecified atom stereocenters. The second kappa shape index (κ2) is 20.1. The Morgan fingerprint density at radius 3 is 1.26 bits per heavy atom. The Bertz CT molecular complexity index is 1270. The number of nitrogens with zero attached hydrogens (tertiary/aromatic N) is 3. The summed E-state index contributed by atoms with van der Waals surface area (Å²) in [7, 11) is 7.41. The Morgan fingerprint density at radius 2 is 1.07 bits per heavy atom. The molecule has 0 fully saturated rings. The molecule has 6 N–H and O–H groups in total. The van der Waals surface area contributed by atoms with Gasteiger partial charge in [-0.25, -0.2) is 19.2 Å². The van der Waals surface area contributed by atoms with Crippen molar-refractivity contribution in [3.63, 3.8) is 0 Å². The summed E-state index contributed by atoms with van der Waals surface area (Å²) in [4.78, 5) is 53.6. The number of aryl methyl sites for hydroxylation is 3. The Kier molecular flexibility index (Phi) is 21.1. The van der Waals surface area contributed by atoms with Crippen molar-refractivity contribution in [2.24, 2.45) is 21.1 Å². The summed E-state index contributed by atoms with van der Waals surface area (Å²) in [6, 6.07) is 4.36. The zero-order valence-electron chi connectivity index (χ0n) is 22.6. The average molecular weight is 618 g/mol. The number of carboxylic acid groups (broad SMARTS) is 2. The van der Waals surface area contributed by atoms with Gasteiger partial charge in [-0.2, -0.15) is 0 Å². The molecule has 3 radical (unpaired) electrons. The molecule has 3 rings (SSSR count). The summed E-state index contributed by atoms with van der Waals surface area (Å²) < 4.78 is 13.2. The zero-order valence-corrected chi connectivity index (χ0v) is 23.4. The minimum atomic E-state index is -1.05. The number of carbonyl (C=O) groups excluding carboxylic acids is 3. The molecule has 0 saturated carbocycles. The van der Waals surface area contributed by atoms with E-state index in [0.29, 0.717) is 22.8 Å². The van der Waals surface area contributed by atoms with Crippen LogP contribution in [0, 0.1) is 0 Å². The number of Topliss-reactive ketones (excluding diaryl/α,β-unsaturated/α-hetero) is 1. The molecule has 0 aliphatic rings. The lowest BCUT2D eigenvalue weighted by Crippen LogP contribution is -2.10. The molecule has 0 aliphatic carbocycles. The minimum Gasteiger partial charge on any atom is -0.477 e. The molecule has 0 aromatic carbocycles. The van der Waals surface area contributed by atoms with Crippen LogP contribution in [-0.2, 0) is 30.6 Å². The standard InChI is InChI=1S/2C8H10N2O4.C7H10N2O.2CH4.B.ClH.2H2/c2*1-10-4-5(9-8(13)14-2)3-6(10)7(11)12;1-5(10)7-3-6(8)4-9(7)2;;;;;;/h2*3-4H,1-2H3,(H,9,13)(H,11,12);3-4H,8H2,1-2H3;2*1H4;;3*1H. The molecule has 0 atom stereocenters. The summed E-state index contributed by atoms with van der Waals surface area (Å²) in [5.74, 6) is -2.06. The van der Waals surface area contributed by atoms with Gasteiger partial charge in [-0.1, -0.05) is 14.9 Å². The van der Waals surface area contributed by atoms with Crippen LogP contribution < -0.4 is 16.4 Å². The molecule has 42 heavy (non-hydrogen) atoms. The van der Waals surface area contributed by atoms with Crippen molar-refractivity contribution in [1.29, 1.82) is 0 Å². The van der Waals surface area contributed by atoms with Crippen LogP contribution in [0.2, 0.25) is 0 Å². The van der Waals surface area contributed by atoms with Gasteiger partial charge < -0.3 is 39.1 Å². The van der Waals surface area contributed by atoms with E-state index in [1.54, 1.807) is 38.0 Å². The second-order valence-corrected chi connectivity index (χ2v) is 7.62. The fourth-order valence-electron chi connectivity index (χ4n) is 2.97. The number of aromatic nitrogens is 3. The molecule has 0 spiro atoms. The van der Waals surface area contributed by atoms with Gasteiger partial charge in [-0.15, -0.1) is 12.4 Å². The molecule has 2 amide bonds. The summed E-state index contributed by atoms with van der Waals surface area (Å²) in [5.41, 5.74) is 7.69. The van der Waals surface area contributed by atoms with Gasteiger partial charge in [-0.05, 0) is 18.2 Å². The van der Waals surface area contributed by atoms with Gasteiger partial charge in [-0.3, -0.25) is 15.4 Å². The number of ketones is 1. The molecular weight excluding hydrogens is 575 g/mol. The highest BCUT2D eigenvalue weighted by molar-refractivity contribution is 5.93.